The van der Waals surface area contributed by atoms with Gasteiger partial charge in [0.15, 0.2) is 17.3 Å². The summed E-state index contributed by atoms with van der Waals surface area (Å²) < 4.78 is 21.6. The lowest BCUT2D eigenvalue weighted by atomic mass is 9.81. The van der Waals surface area contributed by atoms with Crippen molar-refractivity contribution in [2.24, 2.45) is 0 Å². The number of aliphatic hydroxyl groups is 1. The number of allylic oxidation sites excluding steroid dienone is 1. The van der Waals surface area contributed by atoms with Crippen molar-refractivity contribution in [3.8, 4) is 17.2 Å². The normalized spacial score (nSPS) is 21.9. The summed E-state index contributed by atoms with van der Waals surface area (Å²) in [5.74, 6) is -1.39. The second-order valence-corrected chi connectivity index (χ2v) is 5.84. The Balaban J connectivity index is 2.32. The summed E-state index contributed by atoms with van der Waals surface area (Å²) in [6.07, 6.45) is 1.02. The highest BCUT2D eigenvalue weighted by Gasteiger charge is 2.59. The smallest absolute Gasteiger partial charge is 0.253 e. The Bertz CT molecular complexity index is 868. The van der Waals surface area contributed by atoms with Crippen molar-refractivity contribution >= 4 is 23.2 Å². The van der Waals surface area contributed by atoms with Crippen LogP contribution in [-0.2, 0) is 9.53 Å². The summed E-state index contributed by atoms with van der Waals surface area (Å²) in [5.41, 5.74) is -1.73. The van der Waals surface area contributed by atoms with Crippen LogP contribution in [0.2, 0.25) is 5.02 Å². The second kappa shape index (κ2) is 5.70. The van der Waals surface area contributed by atoms with Crippen molar-refractivity contribution in [2.45, 2.75) is 12.5 Å². The van der Waals surface area contributed by atoms with Gasteiger partial charge in [0, 0.05) is 17.7 Å². The molecule has 2 aliphatic rings. The van der Waals surface area contributed by atoms with Gasteiger partial charge in [0.05, 0.1) is 21.3 Å². The Hall–Kier alpha value is -2.67. The van der Waals surface area contributed by atoms with E-state index in [4.69, 9.17) is 30.5 Å². The monoisotopic (exact) mass is 366 g/mol. The van der Waals surface area contributed by atoms with E-state index >= 15 is 0 Å². The number of halogens is 1. The molecule has 0 radical (unpaired) electrons. The molecule has 0 saturated carbocycles. The predicted octanol–water partition coefficient (Wildman–Crippen LogP) is 2.62. The zero-order valence-electron chi connectivity index (χ0n) is 13.9. The highest BCUT2D eigenvalue weighted by molar-refractivity contribution is 6.35. The SMILES string of the molecule is COC1=CC(=O)C(O)=C(C)C12Oc1c(Cl)c(OC)cc(OC)c1C2=O. The molecule has 1 heterocycles. The molecule has 1 atom stereocenters. The van der Waals surface area contributed by atoms with Gasteiger partial charge in [-0.1, -0.05) is 11.6 Å². The molecule has 8 heteroatoms. The van der Waals surface area contributed by atoms with E-state index in [-0.39, 0.29) is 39.2 Å². The Morgan fingerprint density at radius 2 is 1.76 bits per heavy atom. The Labute approximate surface area is 148 Å². The first-order valence-corrected chi connectivity index (χ1v) is 7.60. The number of hydrogen-bond acceptors (Lipinski definition) is 7. The number of ketones is 2. The van der Waals surface area contributed by atoms with Gasteiger partial charge in [0.2, 0.25) is 11.6 Å². The number of ether oxygens (including phenoxy) is 4. The largest absolute Gasteiger partial charge is 0.504 e. The molecule has 1 aliphatic heterocycles. The van der Waals surface area contributed by atoms with Gasteiger partial charge in [0.25, 0.3) is 5.60 Å². The van der Waals surface area contributed by atoms with Crippen molar-refractivity contribution in [3.63, 3.8) is 0 Å². The summed E-state index contributed by atoms with van der Waals surface area (Å²) in [4.78, 5) is 25.1. The number of Topliss-reactive ketones (excluding diaryl/α,β-unsaturated/α-hetero) is 1. The van der Waals surface area contributed by atoms with Gasteiger partial charge in [-0.3, -0.25) is 9.59 Å². The molecule has 0 aromatic heterocycles. The summed E-state index contributed by atoms with van der Waals surface area (Å²) in [6, 6.07) is 1.46. The van der Waals surface area contributed by atoms with E-state index in [0.717, 1.165) is 6.08 Å². The molecule has 1 aromatic rings. The van der Waals surface area contributed by atoms with E-state index in [9.17, 15) is 14.7 Å². The minimum absolute atomic E-state index is 0.00939. The molecule has 1 aliphatic carbocycles. The summed E-state index contributed by atoms with van der Waals surface area (Å²) >= 11 is 6.29. The summed E-state index contributed by atoms with van der Waals surface area (Å²) in [5, 5.41) is 10.2. The first-order chi connectivity index (χ1) is 11.8. The van der Waals surface area contributed by atoms with Crippen molar-refractivity contribution in [1.82, 2.24) is 0 Å². The number of hydrogen-bond donors (Lipinski definition) is 1. The van der Waals surface area contributed by atoms with Crippen LogP contribution in [0.5, 0.6) is 17.2 Å². The van der Waals surface area contributed by atoms with Crippen molar-refractivity contribution in [3.05, 3.63) is 39.8 Å². The van der Waals surface area contributed by atoms with Crippen LogP contribution in [0, 0.1) is 0 Å². The van der Waals surface area contributed by atoms with E-state index in [1.165, 1.54) is 34.3 Å². The fraction of sp³-hybridized carbons (Fsp3) is 0.294. The number of rotatable bonds is 3. The molecule has 0 amide bonds. The number of carbonyl (C=O) groups excluding carboxylic acids is 2. The average molecular weight is 367 g/mol. The van der Waals surface area contributed by atoms with Gasteiger partial charge in [-0.05, 0) is 6.92 Å². The van der Waals surface area contributed by atoms with Gasteiger partial charge in [-0.2, -0.15) is 0 Å². The second-order valence-electron chi connectivity index (χ2n) is 5.46. The fourth-order valence-electron chi connectivity index (χ4n) is 3.02. The van der Waals surface area contributed by atoms with Crippen LogP contribution >= 0.6 is 11.6 Å². The van der Waals surface area contributed by atoms with Crippen LogP contribution in [0.4, 0.5) is 0 Å². The minimum atomic E-state index is -1.82. The molecule has 0 bridgehead atoms. The lowest BCUT2D eigenvalue weighted by Crippen LogP contribution is -2.47. The van der Waals surface area contributed by atoms with Crippen LogP contribution in [0.3, 0.4) is 0 Å². The standard InChI is InChI=1S/C17H15ClO7/c1-7-14(20)8(19)5-11(24-4)17(7)16(21)12-9(22-2)6-10(23-3)13(18)15(12)25-17/h5-6,20H,1-4H3. The molecular formula is C17H15ClO7. The maximum absolute atomic E-state index is 13.3. The van der Waals surface area contributed by atoms with Gasteiger partial charge in [0.1, 0.15) is 22.1 Å². The number of fused-ring (bicyclic) bond motifs is 1. The number of methoxy groups -OCH3 is 3. The minimum Gasteiger partial charge on any atom is -0.504 e. The van der Waals surface area contributed by atoms with E-state index in [2.05, 4.69) is 0 Å². The van der Waals surface area contributed by atoms with Crippen LogP contribution in [0.25, 0.3) is 0 Å². The van der Waals surface area contributed by atoms with Gasteiger partial charge in [-0.25, -0.2) is 0 Å². The van der Waals surface area contributed by atoms with Crippen molar-refractivity contribution in [2.75, 3.05) is 21.3 Å². The zero-order valence-corrected chi connectivity index (χ0v) is 14.7. The molecule has 132 valence electrons. The zero-order chi connectivity index (χ0) is 18.5. The Morgan fingerprint density at radius 1 is 1.12 bits per heavy atom. The molecule has 3 rings (SSSR count). The molecular weight excluding hydrogens is 352 g/mol. The molecule has 1 aromatic carbocycles. The van der Waals surface area contributed by atoms with Gasteiger partial charge in [-0.15, -0.1) is 0 Å². The number of benzene rings is 1. The van der Waals surface area contributed by atoms with Crippen LogP contribution < -0.4 is 14.2 Å². The molecule has 0 saturated heterocycles. The third-order valence-corrected chi connectivity index (χ3v) is 4.70. The number of aliphatic hydroxyl groups excluding tert-OH is 1. The van der Waals surface area contributed by atoms with Crippen molar-refractivity contribution < 1.29 is 33.6 Å². The summed E-state index contributed by atoms with van der Waals surface area (Å²) in [7, 11) is 4.10. The first kappa shape index (κ1) is 17.2. The highest BCUT2D eigenvalue weighted by atomic mass is 35.5. The topological polar surface area (TPSA) is 91.3 Å². The molecule has 1 spiro atoms. The molecule has 7 nitrogen and oxygen atoms in total. The molecule has 1 unspecified atom stereocenters. The third kappa shape index (κ3) is 2.05. The fourth-order valence-corrected chi connectivity index (χ4v) is 3.29. The van der Waals surface area contributed by atoms with Crippen LogP contribution in [0.1, 0.15) is 17.3 Å². The first-order valence-electron chi connectivity index (χ1n) is 7.22. The van der Waals surface area contributed by atoms with Gasteiger partial charge >= 0.3 is 0 Å². The van der Waals surface area contributed by atoms with E-state index < -0.39 is 22.9 Å². The molecule has 1 N–H and O–H groups in total. The maximum Gasteiger partial charge on any atom is 0.253 e. The summed E-state index contributed by atoms with van der Waals surface area (Å²) in [6.45, 7) is 1.42. The van der Waals surface area contributed by atoms with E-state index in [1.54, 1.807) is 0 Å². The average Bonchev–Trinajstić information content (AvgIpc) is 2.92. The van der Waals surface area contributed by atoms with E-state index in [0.29, 0.717) is 0 Å². The van der Waals surface area contributed by atoms with Gasteiger partial charge < -0.3 is 24.1 Å². The Kier molecular flexibility index (Phi) is 3.91. The lowest BCUT2D eigenvalue weighted by molar-refractivity contribution is -0.114. The predicted molar refractivity (Wildman–Crippen MR) is 87.7 cm³/mol. The molecule has 0 fully saturated rings. The van der Waals surface area contributed by atoms with Crippen LogP contribution in [-0.4, -0.2) is 43.6 Å². The lowest BCUT2D eigenvalue weighted by Gasteiger charge is -2.32. The molecule has 25 heavy (non-hydrogen) atoms. The highest BCUT2D eigenvalue weighted by Crippen LogP contribution is 2.54. The number of carbonyl (C=O) groups is 2. The Morgan fingerprint density at radius 3 is 2.32 bits per heavy atom. The quantitative estimate of drug-likeness (QED) is 0.879. The maximum atomic E-state index is 13.3. The van der Waals surface area contributed by atoms with E-state index in [1.807, 2.05) is 0 Å². The van der Waals surface area contributed by atoms with Crippen molar-refractivity contribution in [1.29, 1.82) is 0 Å². The third-order valence-electron chi connectivity index (χ3n) is 4.34. The van der Waals surface area contributed by atoms with Crippen LogP contribution in [0.15, 0.2) is 29.2 Å².